The van der Waals surface area contributed by atoms with Crippen molar-refractivity contribution in [1.29, 1.82) is 0 Å². The van der Waals surface area contributed by atoms with E-state index in [9.17, 15) is 0 Å². The standard InChI is InChI=1S/C12H17NO2/c1-4-7-15-12-8-10(14-3)5-6-11(12)9(2)13/h4-6,8-9H,1,7,13H2,2-3H3/t9-/m0/s1. The Bertz CT molecular complexity index is 334. The Morgan fingerprint density at radius 1 is 1.53 bits per heavy atom. The zero-order chi connectivity index (χ0) is 11.3. The molecule has 0 aliphatic heterocycles. The van der Waals surface area contributed by atoms with Crippen LogP contribution >= 0.6 is 0 Å². The monoisotopic (exact) mass is 207 g/mol. The number of hydrogen-bond acceptors (Lipinski definition) is 3. The molecule has 0 bridgehead atoms. The van der Waals surface area contributed by atoms with Crippen LogP contribution in [0.1, 0.15) is 18.5 Å². The maximum Gasteiger partial charge on any atom is 0.128 e. The maximum absolute atomic E-state index is 5.83. The zero-order valence-corrected chi connectivity index (χ0v) is 9.19. The minimum absolute atomic E-state index is 0.0595. The second-order valence-corrected chi connectivity index (χ2v) is 3.29. The minimum atomic E-state index is -0.0595. The molecule has 0 spiro atoms. The second kappa shape index (κ2) is 5.41. The van der Waals surface area contributed by atoms with Crippen LogP contribution in [-0.4, -0.2) is 13.7 Å². The number of ether oxygens (including phenoxy) is 2. The first-order valence-corrected chi connectivity index (χ1v) is 4.86. The van der Waals surface area contributed by atoms with Crippen molar-refractivity contribution >= 4 is 0 Å². The molecule has 0 amide bonds. The summed E-state index contributed by atoms with van der Waals surface area (Å²) in [5.74, 6) is 1.52. The predicted octanol–water partition coefficient (Wildman–Crippen LogP) is 2.28. The van der Waals surface area contributed by atoms with E-state index in [1.807, 2.05) is 25.1 Å². The van der Waals surface area contributed by atoms with E-state index in [4.69, 9.17) is 15.2 Å². The van der Waals surface area contributed by atoms with Crippen molar-refractivity contribution in [3.8, 4) is 11.5 Å². The molecule has 0 radical (unpaired) electrons. The molecule has 0 fully saturated rings. The Labute approximate surface area is 90.5 Å². The van der Waals surface area contributed by atoms with Crippen LogP contribution in [0.2, 0.25) is 0 Å². The fourth-order valence-corrected chi connectivity index (χ4v) is 1.29. The number of hydrogen-bond donors (Lipinski definition) is 1. The van der Waals surface area contributed by atoms with E-state index in [1.165, 1.54) is 0 Å². The highest BCUT2D eigenvalue weighted by molar-refractivity contribution is 5.42. The van der Waals surface area contributed by atoms with Gasteiger partial charge < -0.3 is 15.2 Å². The van der Waals surface area contributed by atoms with Gasteiger partial charge in [0.1, 0.15) is 18.1 Å². The van der Waals surface area contributed by atoms with Crippen LogP contribution in [-0.2, 0) is 0 Å². The second-order valence-electron chi connectivity index (χ2n) is 3.29. The lowest BCUT2D eigenvalue weighted by atomic mass is 10.1. The van der Waals surface area contributed by atoms with Crippen LogP contribution in [0.3, 0.4) is 0 Å². The van der Waals surface area contributed by atoms with Crippen molar-refractivity contribution in [2.45, 2.75) is 13.0 Å². The van der Waals surface area contributed by atoms with Gasteiger partial charge in [0, 0.05) is 17.7 Å². The van der Waals surface area contributed by atoms with Crippen LogP contribution in [0.5, 0.6) is 11.5 Å². The molecule has 1 aromatic carbocycles. The smallest absolute Gasteiger partial charge is 0.128 e. The van der Waals surface area contributed by atoms with E-state index < -0.39 is 0 Å². The molecule has 0 saturated heterocycles. The van der Waals surface area contributed by atoms with Gasteiger partial charge in [0.05, 0.1) is 7.11 Å². The molecule has 0 aromatic heterocycles. The van der Waals surface area contributed by atoms with Crippen molar-refractivity contribution in [2.75, 3.05) is 13.7 Å². The van der Waals surface area contributed by atoms with E-state index in [-0.39, 0.29) is 6.04 Å². The maximum atomic E-state index is 5.83. The molecule has 0 aliphatic carbocycles. The number of benzene rings is 1. The summed E-state index contributed by atoms with van der Waals surface area (Å²) in [6.45, 7) is 5.99. The van der Waals surface area contributed by atoms with E-state index in [2.05, 4.69) is 6.58 Å². The molecular weight excluding hydrogens is 190 g/mol. The first-order chi connectivity index (χ1) is 7.19. The first kappa shape index (κ1) is 11.6. The third-order valence-electron chi connectivity index (χ3n) is 2.07. The molecule has 3 heteroatoms. The zero-order valence-electron chi connectivity index (χ0n) is 9.19. The molecule has 82 valence electrons. The van der Waals surface area contributed by atoms with Gasteiger partial charge in [-0.25, -0.2) is 0 Å². The summed E-state index contributed by atoms with van der Waals surface area (Å²) in [4.78, 5) is 0. The van der Waals surface area contributed by atoms with Crippen molar-refractivity contribution in [3.63, 3.8) is 0 Å². The van der Waals surface area contributed by atoms with Gasteiger partial charge in [-0.2, -0.15) is 0 Å². The van der Waals surface area contributed by atoms with Crippen LogP contribution in [0.25, 0.3) is 0 Å². The average molecular weight is 207 g/mol. The van der Waals surface area contributed by atoms with Crippen LogP contribution in [0.15, 0.2) is 30.9 Å². The Morgan fingerprint density at radius 3 is 2.80 bits per heavy atom. The molecule has 2 N–H and O–H groups in total. The largest absolute Gasteiger partial charge is 0.497 e. The normalized spacial score (nSPS) is 11.9. The van der Waals surface area contributed by atoms with E-state index in [1.54, 1.807) is 13.2 Å². The van der Waals surface area contributed by atoms with Gasteiger partial charge in [0.15, 0.2) is 0 Å². The lowest BCUT2D eigenvalue weighted by Gasteiger charge is -2.14. The molecule has 3 nitrogen and oxygen atoms in total. The molecule has 0 aliphatic rings. The highest BCUT2D eigenvalue weighted by Crippen LogP contribution is 2.28. The Balaban J connectivity index is 2.99. The fourth-order valence-electron chi connectivity index (χ4n) is 1.29. The third kappa shape index (κ3) is 2.99. The summed E-state index contributed by atoms with van der Waals surface area (Å²) < 4.78 is 10.6. The number of nitrogens with two attached hydrogens (primary N) is 1. The molecular formula is C12H17NO2. The Hall–Kier alpha value is -1.48. The Kier molecular flexibility index (Phi) is 4.18. The van der Waals surface area contributed by atoms with Crippen LogP contribution in [0.4, 0.5) is 0 Å². The molecule has 1 atom stereocenters. The summed E-state index contributed by atoms with van der Waals surface area (Å²) in [6.07, 6.45) is 1.70. The molecule has 0 unspecified atom stereocenters. The first-order valence-electron chi connectivity index (χ1n) is 4.86. The average Bonchev–Trinajstić information content (AvgIpc) is 2.25. The highest BCUT2D eigenvalue weighted by Gasteiger charge is 2.08. The molecule has 0 saturated carbocycles. The minimum Gasteiger partial charge on any atom is -0.497 e. The molecule has 0 heterocycles. The van der Waals surface area contributed by atoms with Crippen molar-refractivity contribution in [1.82, 2.24) is 0 Å². The van der Waals surface area contributed by atoms with Gasteiger partial charge in [-0.05, 0) is 13.0 Å². The predicted molar refractivity (Wildman–Crippen MR) is 61.3 cm³/mol. The van der Waals surface area contributed by atoms with Gasteiger partial charge in [-0.1, -0.05) is 18.7 Å². The summed E-state index contributed by atoms with van der Waals surface area (Å²) in [7, 11) is 1.62. The molecule has 1 aromatic rings. The fraction of sp³-hybridized carbons (Fsp3) is 0.333. The van der Waals surface area contributed by atoms with Gasteiger partial charge in [-0.3, -0.25) is 0 Å². The topological polar surface area (TPSA) is 44.5 Å². The van der Waals surface area contributed by atoms with E-state index in [0.29, 0.717) is 6.61 Å². The van der Waals surface area contributed by atoms with Crippen molar-refractivity contribution < 1.29 is 9.47 Å². The van der Waals surface area contributed by atoms with Gasteiger partial charge in [0.25, 0.3) is 0 Å². The summed E-state index contributed by atoms with van der Waals surface area (Å²) >= 11 is 0. The quantitative estimate of drug-likeness (QED) is 0.753. The van der Waals surface area contributed by atoms with Gasteiger partial charge in [0.2, 0.25) is 0 Å². The lowest BCUT2D eigenvalue weighted by molar-refractivity contribution is 0.351. The summed E-state index contributed by atoms with van der Waals surface area (Å²) in [6, 6.07) is 5.57. The van der Waals surface area contributed by atoms with Crippen molar-refractivity contribution in [2.24, 2.45) is 5.73 Å². The molecule has 15 heavy (non-hydrogen) atoms. The number of rotatable bonds is 5. The lowest BCUT2D eigenvalue weighted by Crippen LogP contribution is -2.08. The van der Waals surface area contributed by atoms with Crippen LogP contribution in [0, 0.1) is 0 Å². The molecule has 1 rings (SSSR count). The van der Waals surface area contributed by atoms with Gasteiger partial charge >= 0.3 is 0 Å². The third-order valence-corrected chi connectivity index (χ3v) is 2.07. The van der Waals surface area contributed by atoms with E-state index >= 15 is 0 Å². The Morgan fingerprint density at radius 2 is 2.27 bits per heavy atom. The van der Waals surface area contributed by atoms with Gasteiger partial charge in [-0.15, -0.1) is 0 Å². The summed E-state index contributed by atoms with van der Waals surface area (Å²) in [5, 5.41) is 0. The van der Waals surface area contributed by atoms with Crippen LogP contribution < -0.4 is 15.2 Å². The summed E-state index contributed by atoms with van der Waals surface area (Å²) in [5.41, 5.74) is 6.80. The van der Waals surface area contributed by atoms with E-state index in [0.717, 1.165) is 17.1 Å². The SMILES string of the molecule is C=CCOc1cc(OC)ccc1[C@H](C)N. The van der Waals surface area contributed by atoms with Crippen molar-refractivity contribution in [3.05, 3.63) is 36.4 Å². The highest BCUT2D eigenvalue weighted by atomic mass is 16.5. The number of methoxy groups -OCH3 is 1.